The van der Waals surface area contributed by atoms with Crippen LogP contribution in [-0.2, 0) is 10.8 Å². The lowest BCUT2D eigenvalue weighted by Crippen LogP contribution is -2.28. The quantitative estimate of drug-likeness (QED) is 0.0961. The largest absolute Gasteiger partial charge is 0.456 e. The summed E-state index contributed by atoms with van der Waals surface area (Å²) in [6.45, 7) is 0. The molecule has 20 aromatic carbocycles. The molecular weight excluding hydrogens is 1540 g/mol. The fraction of sp³-hybridized carbons (Fsp3) is 0.0164. The minimum absolute atomic E-state index is 0.524. The Kier molecular flexibility index (Phi) is 18.9. The highest BCUT2D eigenvalue weighted by atomic mass is 32.1. The standard InChI is InChI=1S/C61H41NO.C61H41NS/c2*1-5-17-42(18-6-1)45-31-37-58(54(39-45)44-19-7-2-8-20-44)62(49-33-29-43(30-34-49)46-32-38-60-55(40-46)53-26-14-16-28-59(53)63-60)50-35-36-52-51-25-13-15-27-56(51)61(57(52)41-50,47-21-9-3-10-22-47)48-23-11-4-12-24-48/h2*1-41H. The van der Waals surface area contributed by atoms with Crippen molar-refractivity contribution in [3.63, 3.8) is 0 Å². The zero-order valence-electron chi connectivity index (χ0n) is 69.1. The van der Waals surface area contributed by atoms with E-state index in [4.69, 9.17) is 4.42 Å². The molecule has 2 aliphatic rings. The number of fused-ring (bicyclic) bond motifs is 12. The van der Waals surface area contributed by atoms with Crippen LogP contribution in [0.2, 0.25) is 0 Å². The van der Waals surface area contributed by atoms with Crippen LogP contribution in [-0.4, -0.2) is 0 Å². The molecule has 0 N–H and O–H groups in total. The van der Waals surface area contributed by atoms with E-state index >= 15 is 0 Å². The summed E-state index contributed by atoms with van der Waals surface area (Å²) in [5.41, 5.74) is 36.6. The molecule has 0 atom stereocenters. The molecule has 0 fully saturated rings. The maximum atomic E-state index is 6.19. The summed E-state index contributed by atoms with van der Waals surface area (Å²) < 4.78 is 8.83. The molecule has 0 saturated carbocycles. The monoisotopic (exact) mass is 1620 g/mol. The third-order valence-corrected chi connectivity index (χ3v) is 27.1. The molecule has 2 aromatic heterocycles. The Bertz CT molecular complexity index is 7240. The molecule has 592 valence electrons. The number of anilines is 6. The van der Waals surface area contributed by atoms with Crippen LogP contribution in [0.15, 0.2) is 502 Å². The van der Waals surface area contributed by atoms with Gasteiger partial charge in [0.2, 0.25) is 0 Å². The van der Waals surface area contributed by atoms with E-state index in [1.165, 1.54) is 126 Å². The summed E-state index contributed by atoms with van der Waals surface area (Å²) in [6, 6.07) is 182. The van der Waals surface area contributed by atoms with Gasteiger partial charge in [0.25, 0.3) is 0 Å². The minimum atomic E-state index is -0.532. The van der Waals surface area contributed by atoms with Crippen molar-refractivity contribution < 1.29 is 4.42 Å². The second kappa shape index (κ2) is 31.8. The number of benzene rings is 20. The van der Waals surface area contributed by atoms with Gasteiger partial charge in [0.05, 0.1) is 22.2 Å². The van der Waals surface area contributed by atoms with Crippen LogP contribution in [0.1, 0.15) is 44.5 Å². The molecule has 126 heavy (non-hydrogen) atoms. The summed E-state index contributed by atoms with van der Waals surface area (Å²) in [5.74, 6) is 0. The molecule has 2 aliphatic carbocycles. The van der Waals surface area contributed by atoms with Gasteiger partial charge in [0.1, 0.15) is 11.2 Å². The summed E-state index contributed by atoms with van der Waals surface area (Å²) in [5, 5.41) is 4.88. The van der Waals surface area contributed by atoms with E-state index in [2.05, 4.69) is 495 Å². The van der Waals surface area contributed by atoms with E-state index in [1.807, 2.05) is 23.5 Å². The number of hydrogen-bond donors (Lipinski definition) is 0. The molecule has 0 amide bonds. The lowest BCUT2D eigenvalue weighted by atomic mass is 9.67. The third-order valence-electron chi connectivity index (χ3n) is 25.9. The third kappa shape index (κ3) is 12.9. The van der Waals surface area contributed by atoms with Crippen LogP contribution in [0.25, 0.3) is 131 Å². The number of furan rings is 1. The fourth-order valence-corrected chi connectivity index (χ4v) is 21.3. The van der Waals surface area contributed by atoms with E-state index in [-0.39, 0.29) is 0 Å². The molecule has 0 bridgehead atoms. The van der Waals surface area contributed by atoms with Crippen LogP contribution in [0, 0.1) is 0 Å². The van der Waals surface area contributed by atoms with E-state index < -0.39 is 10.8 Å². The Morgan fingerprint density at radius 3 is 0.937 bits per heavy atom. The number of hydrogen-bond acceptors (Lipinski definition) is 4. The molecule has 24 rings (SSSR count). The molecule has 3 nitrogen and oxygen atoms in total. The van der Waals surface area contributed by atoms with Gasteiger partial charge in [-0.1, -0.05) is 388 Å². The van der Waals surface area contributed by atoms with Gasteiger partial charge in [-0.15, -0.1) is 11.3 Å². The second-order valence-corrected chi connectivity index (χ2v) is 33.9. The van der Waals surface area contributed by atoms with E-state index in [0.717, 1.165) is 83.9 Å². The highest BCUT2D eigenvalue weighted by molar-refractivity contribution is 7.25. The van der Waals surface area contributed by atoms with Gasteiger partial charge >= 0.3 is 0 Å². The SMILES string of the molecule is c1ccc(-c2ccc(N(c3ccc(-c4ccc5oc6ccccc6c5c4)cc3)c3ccc4c(c3)C(c3ccccc3)(c3ccccc3)c3ccccc3-4)c(-c3ccccc3)c2)cc1.c1ccc(-c2ccc(N(c3ccc(-c4ccc5sc6ccccc6c5c4)cc3)c3ccc4c(c3)C(c3ccccc3)(c3ccccc3)c3ccccc3-4)c(-c3ccccc3)c2)cc1. The Morgan fingerprint density at radius 2 is 0.484 bits per heavy atom. The average Bonchev–Trinajstić information content (AvgIpc) is 1.54. The maximum absolute atomic E-state index is 6.19. The van der Waals surface area contributed by atoms with Gasteiger partial charge in [-0.3, -0.25) is 0 Å². The molecule has 0 spiro atoms. The van der Waals surface area contributed by atoms with Crippen LogP contribution in [0.4, 0.5) is 34.1 Å². The molecule has 22 aromatic rings. The Labute approximate surface area is 738 Å². The van der Waals surface area contributed by atoms with Crippen molar-refractivity contribution in [3.8, 4) is 89.0 Å². The zero-order valence-corrected chi connectivity index (χ0v) is 69.9. The highest BCUT2D eigenvalue weighted by Gasteiger charge is 2.48. The fourth-order valence-electron chi connectivity index (χ4n) is 20.2. The van der Waals surface area contributed by atoms with E-state index in [1.54, 1.807) is 0 Å². The van der Waals surface area contributed by atoms with Crippen molar-refractivity contribution in [1.82, 2.24) is 0 Å². The van der Waals surface area contributed by atoms with Crippen molar-refractivity contribution in [2.24, 2.45) is 0 Å². The van der Waals surface area contributed by atoms with Crippen molar-refractivity contribution in [2.45, 2.75) is 10.8 Å². The first-order valence-electron chi connectivity index (χ1n) is 43.3. The lowest BCUT2D eigenvalue weighted by Gasteiger charge is -2.35. The predicted molar refractivity (Wildman–Crippen MR) is 530 cm³/mol. The lowest BCUT2D eigenvalue weighted by molar-refractivity contribution is 0.669. The number of thiophene rings is 1. The van der Waals surface area contributed by atoms with Crippen LogP contribution in [0.3, 0.4) is 0 Å². The molecule has 0 unspecified atom stereocenters. The predicted octanol–water partition coefficient (Wildman–Crippen LogP) is 33.3. The number of rotatable bonds is 16. The van der Waals surface area contributed by atoms with Crippen molar-refractivity contribution >= 4 is 87.6 Å². The summed E-state index contributed by atoms with van der Waals surface area (Å²) in [6.07, 6.45) is 0. The molecule has 2 heterocycles. The van der Waals surface area contributed by atoms with Gasteiger partial charge in [0.15, 0.2) is 0 Å². The van der Waals surface area contributed by atoms with Gasteiger partial charge in [-0.05, 0) is 232 Å². The highest BCUT2D eigenvalue weighted by Crippen LogP contribution is 2.60. The number of nitrogens with zero attached hydrogens (tertiary/aromatic N) is 2. The maximum Gasteiger partial charge on any atom is 0.135 e. The number of para-hydroxylation sites is 1. The molecule has 4 heteroatoms. The Morgan fingerprint density at radius 1 is 0.175 bits per heavy atom. The van der Waals surface area contributed by atoms with Gasteiger partial charge in [-0.2, -0.15) is 0 Å². The normalized spacial score (nSPS) is 12.6. The first kappa shape index (κ1) is 75.0. The molecule has 0 aliphatic heterocycles. The first-order valence-corrected chi connectivity index (χ1v) is 44.1. The summed E-state index contributed by atoms with van der Waals surface area (Å²) in [4.78, 5) is 4.93. The summed E-state index contributed by atoms with van der Waals surface area (Å²) in [7, 11) is 0. The van der Waals surface area contributed by atoms with Crippen molar-refractivity contribution in [1.29, 1.82) is 0 Å². The van der Waals surface area contributed by atoms with Crippen LogP contribution >= 0.6 is 11.3 Å². The Hall–Kier alpha value is -16.0. The smallest absolute Gasteiger partial charge is 0.135 e. The summed E-state index contributed by atoms with van der Waals surface area (Å²) >= 11 is 1.86. The van der Waals surface area contributed by atoms with E-state index in [0.29, 0.717) is 0 Å². The molecule has 0 saturated heterocycles. The van der Waals surface area contributed by atoms with Crippen LogP contribution < -0.4 is 9.80 Å². The van der Waals surface area contributed by atoms with E-state index in [9.17, 15) is 0 Å². The molecule has 0 radical (unpaired) electrons. The van der Waals surface area contributed by atoms with Gasteiger partial charge < -0.3 is 14.2 Å². The second-order valence-electron chi connectivity index (χ2n) is 32.8. The Balaban J connectivity index is 0.000000145. The van der Waals surface area contributed by atoms with Crippen LogP contribution in [0.5, 0.6) is 0 Å². The average molecular weight is 1620 g/mol. The van der Waals surface area contributed by atoms with Crippen molar-refractivity contribution in [3.05, 3.63) is 542 Å². The van der Waals surface area contributed by atoms with Gasteiger partial charge in [-0.25, -0.2) is 0 Å². The van der Waals surface area contributed by atoms with Gasteiger partial charge in [0, 0.05) is 64.8 Å². The topological polar surface area (TPSA) is 19.6 Å². The minimum Gasteiger partial charge on any atom is -0.456 e. The molecular formula is C122H82N2OS. The zero-order chi connectivity index (χ0) is 83.5. The van der Waals surface area contributed by atoms with Crippen molar-refractivity contribution in [2.75, 3.05) is 9.80 Å². The first-order chi connectivity index (χ1) is 62.5.